The number of ether oxygens (including phenoxy) is 2. The molecule has 2 aromatic rings. The lowest BCUT2D eigenvalue weighted by Gasteiger charge is -2.18. The predicted octanol–water partition coefficient (Wildman–Crippen LogP) is 3.21. The van der Waals surface area contributed by atoms with Crippen LogP contribution in [-0.4, -0.2) is 14.2 Å². The third-order valence-electron chi connectivity index (χ3n) is 3.39. The topological polar surface area (TPSA) is 56.5 Å². The Hall–Kier alpha value is -1.56. The van der Waals surface area contributed by atoms with Crippen LogP contribution in [0.2, 0.25) is 0 Å². The summed E-state index contributed by atoms with van der Waals surface area (Å²) in [6.45, 7) is 0. The monoisotopic (exact) mass is 350 g/mol. The molecule has 0 aliphatic carbocycles. The molecule has 0 aromatic heterocycles. The van der Waals surface area contributed by atoms with E-state index in [1.807, 2.05) is 42.5 Å². The van der Waals surface area contributed by atoms with Crippen LogP contribution in [0.4, 0.5) is 0 Å². The first-order valence-corrected chi connectivity index (χ1v) is 7.39. The van der Waals surface area contributed by atoms with Crippen LogP contribution in [0.3, 0.4) is 0 Å². The van der Waals surface area contributed by atoms with Crippen LogP contribution >= 0.6 is 15.9 Å². The van der Waals surface area contributed by atoms with Gasteiger partial charge in [0.05, 0.1) is 20.3 Å². The number of hydrogen-bond donors (Lipinski definition) is 2. The Bertz CT molecular complexity index is 587. The second-order valence-electron chi connectivity index (χ2n) is 4.65. The van der Waals surface area contributed by atoms with E-state index in [2.05, 4.69) is 21.4 Å². The Morgan fingerprint density at radius 1 is 1.10 bits per heavy atom. The van der Waals surface area contributed by atoms with E-state index >= 15 is 0 Å². The standard InChI is InChI=1S/C16H19BrN2O2/c1-20-14-6-3-11(4-7-14)15(19-18)10-12-9-13(17)5-8-16(12)21-2/h3-9,15,19H,10,18H2,1-2H3. The summed E-state index contributed by atoms with van der Waals surface area (Å²) in [6, 6.07) is 13.8. The molecule has 0 fully saturated rings. The Labute approximate surface area is 133 Å². The number of benzene rings is 2. The zero-order chi connectivity index (χ0) is 15.2. The molecular formula is C16H19BrN2O2. The van der Waals surface area contributed by atoms with E-state index in [4.69, 9.17) is 15.3 Å². The van der Waals surface area contributed by atoms with Crippen molar-refractivity contribution in [1.29, 1.82) is 0 Å². The SMILES string of the molecule is COc1ccc(C(Cc2cc(Br)ccc2OC)NN)cc1. The van der Waals surface area contributed by atoms with Gasteiger partial charge < -0.3 is 9.47 Å². The number of methoxy groups -OCH3 is 2. The summed E-state index contributed by atoms with van der Waals surface area (Å²) in [7, 11) is 3.32. The zero-order valence-electron chi connectivity index (χ0n) is 12.1. The molecule has 0 aliphatic heterocycles. The van der Waals surface area contributed by atoms with Gasteiger partial charge >= 0.3 is 0 Å². The smallest absolute Gasteiger partial charge is 0.122 e. The van der Waals surface area contributed by atoms with Crippen molar-refractivity contribution in [3.05, 3.63) is 58.1 Å². The first kappa shape index (κ1) is 15.8. The second-order valence-corrected chi connectivity index (χ2v) is 5.57. The molecule has 0 spiro atoms. The van der Waals surface area contributed by atoms with Gasteiger partial charge in [-0.15, -0.1) is 0 Å². The van der Waals surface area contributed by atoms with Crippen molar-refractivity contribution in [1.82, 2.24) is 5.43 Å². The van der Waals surface area contributed by atoms with Gasteiger partial charge in [-0.1, -0.05) is 28.1 Å². The summed E-state index contributed by atoms with van der Waals surface area (Å²) >= 11 is 3.49. The fraction of sp³-hybridized carbons (Fsp3) is 0.250. The minimum Gasteiger partial charge on any atom is -0.497 e. The Morgan fingerprint density at radius 2 is 1.81 bits per heavy atom. The third kappa shape index (κ3) is 3.97. The minimum atomic E-state index is -0.000828. The second kappa shape index (κ2) is 7.45. The van der Waals surface area contributed by atoms with Crippen molar-refractivity contribution in [2.24, 2.45) is 5.84 Å². The van der Waals surface area contributed by atoms with Gasteiger partial charge in [0, 0.05) is 4.47 Å². The lowest BCUT2D eigenvalue weighted by atomic mass is 9.98. The quantitative estimate of drug-likeness (QED) is 0.620. The van der Waals surface area contributed by atoms with Crippen LogP contribution in [-0.2, 0) is 6.42 Å². The first-order valence-electron chi connectivity index (χ1n) is 6.60. The molecule has 0 heterocycles. The van der Waals surface area contributed by atoms with E-state index in [0.29, 0.717) is 0 Å². The summed E-state index contributed by atoms with van der Waals surface area (Å²) in [4.78, 5) is 0. The highest BCUT2D eigenvalue weighted by Crippen LogP contribution is 2.28. The molecule has 1 unspecified atom stereocenters. The summed E-state index contributed by atoms with van der Waals surface area (Å²) in [5.41, 5.74) is 5.05. The average molecular weight is 351 g/mol. The first-order chi connectivity index (χ1) is 10.2. The Morgan fingerprint density at radius 3 is 2.38 bits per heavy atom. The number of hydrazine groups is 1. The Balaban J connectivity index is 2.23. The van der Waals surface area contributed by atoms with E-state index in [1.165, 1.54) is 0 Å². The van der Waals surface area contributed by atoms with Gasteiger partial charge in [-0.2, -0.15) is 0 Å². The van der Waals surface area contributed by atoms with Crippen LogP contribution in [0.15, 0.2) is 46.9 Å². The molecule has 0 radical (unpaired) electrons. The zero-order valence-corrected chi connectivity index (χ0v) is 13.7. The van der Waals surface area contributed by atoms with Gasteiger partial charge in [0.25, 0.3) is 0 Å². The van der Waals surface area contributed by atoms with E-state index in [0.717, 1.165) is 33.5 Å². The molecule has 0 saturated carbocycles. The van der Waals surface area contributed by atoms with Crippen molar-refractivity contribution in [2.45, 2.75) is 12.5 Å². The number of nitrogens with one attached hydrogen (secondary N) is 1. The van der Waals surface area contributed by atoms with Gasteiger partial charge in [0.2, 0.25) is 0 Å². The van der Waals surface area contributed by atoms with Crippen LogP contribution < -0.4 is 20.7 Å². The number of hydrogen-bond acceptors (Lipinski definition) is 4. The van der Waals surface area contributed by atoms with Gasteiger partial charge in [0.1, 0.15) is 11.5 Å². The Kier molecular flexibility index (Phi) is 5.61. The lowest BCUT2D eigenvalue weighted by Crippen LogP contribution is -2.29. The van der Waals surface area contributed by atoms with Crippen LogP contribution in [0.5, 0.6) is 11.5 Å². The largest absolute Gasteiger partial charge is 0.497 e. The molecule has 1 atom stereocenters. The number of rotatable bonds is 6. The molecule has 112 valence electrons. The van der Waals surface area contributed by atoms with E-state index in [9.17, 15) is 0 Å². The van der Waals surface area contributed by atoms with E-state index < -0.39 is 0 Å². The summed E-state index contributed by atoms with van der Waals surface area (Å²) in [5.74, 6) is 7.40. The lowest BCUT2D eigenvalue weighted by molar-refractivity contribution is 0.405. The molecule has 2 aromatic carbocycles. The van der Waals surface area contributed by atoms with Gasteiger partial charge in [-0.3, -0.25) is 11.3 Å². The molecule has 0 bridgehead atoms. The van der Waals surface area contributed by atoms with Crippen LogP contribution in [0.25, 0.3) is 0 Å². The highest BCUT2D eigenvalue weighted by molar-refractivity contribution is 9.10. The molecule has 3 N–H and O–H groups in total. The molecule has 0 amide bonds. The molecule has 0 aliphatic rings. The average Bonchev–Trinajstić information content (AvgIpc) is 2.53. The molecule has 2 rings (SSSR count). The van der Waals surface area contributed by atoms with Crippen LogP contribution in [0.1, 0.15) is 17.2 Å². The predicted molar refractivity (Wildman–Crippen MR) is 87.5 cm³/mol. The summed E-state index contributed by atoms with van der Waals surface area (Å²) in [5, 5.41) is 0. The van der Waals surface area contributed by atoms with Crippen molar-refractivity contribution in [2.75, 3.05) is 14.2 Å². The van der Waals surface area contributed by atoms with Gasteiger partial charge in [0.15, 0.2) is 0 Å². The third-order valence-corrected chi connectivity index (χ3v) is 3.88. The minimum absolute atomic E-state index is 0.000828. The normalized spacial score (nSPS) is 12.0. The van der Waals surface area contributed by atoms with Crippen molar-refractivity contribution in [3.63, 3.8) is 0 Å². The summed E-state index contributed by atoms with van der Waals surface area (Å²) in [6.07, 6.45) is 0.728. The fourth-order valence-electron chi connectivity index (χ4n) is 2.24. The van der Waals surface area contributed by atoms with Gasteiger partial charge in [-0.05, 0) is 47.9 Å². The maximum absolute atomic E-state index is 5.72. The van der Waals surface area contributed by atoms with Gasteiger partial charge in [-0.25, -0.2) is 0 Å². The molecular weight excluding hydrogens is 332 g/mol. The highest BCUT2D eigenvalue weighted by Gasteiger charge is 2.14. The highest BCUT2D eigenvalue weighted by atomic mass is 79.9. The number of nitrogens with two attached hydrogens (primary N) is 1. The molecule has 21 heavy (non-hydrogen) atoms. The van der Waals surface area contributed by atoms with Crippen LogP contribution in [0, 0.1) is 0 Å². The summed E-state index contributed by atoms with van der Waals surface area (Å²) < 4.78 is 11.6. The molecule has 0 saturated heterocycles. The maximum Gasteiger partial charge on any atom is 0.122 e. The van der Waals surface area contributed by atoms with Crippen molar-refractivity contribution in [3.8, 4) is 11.5 Å². The molecule has 4 nitrogen and oxygen atoms in total. The maximum atomic E-state index is 5.72. The fourth-order valence-corrected chi connectivity index (χ4v) is 2.64. The van der Waals surface area contributed by atoms with Crippen molar-refractivity contribution < 1.29 is 9.47 Å². The van der Waals surface area contributed by atoms with Crippen molar-refractivity contribution >= 4 is 15.9 Å². The number of halogens is 1. The van der Waals surface area contributed by atoms with E-state index in [-0.39, 0.29) is 6.04 Å². The molecule has 5 heteroatoms. The van der Waals surface area contributed by atoms with E-state index in [1.54, 1.807) is 14.2 Å².